The van der Waals surface area contributed by atoms with Crippen molar-refractivity contribution in [3.63, 3.8) is 0 Å². The Balaban J connectivity index is 1.55. The second-order valence-electron chi connectivity index (χ2n) is 11.1. The van der Waals surface area contributed by atoms with Gasteiger partial charge in [-0.2, -0.15) is 5.10 Å². The number of hydrazine groups is 1. The van der Waals surface area contributed by atoms with Crippen molar-refractivity contribution in [2.24, 2.45) is 69.4 Å². The molecule has 8 unspecified atom stereocenters. The second kappa shape index (κ2) is 8.20. The predicted molar refractivity (Wildman–Crippen MR) is 118 cm³/mol. The first kappa shape index (κ1) is 21.1. The van der Waals surface area contributed by atoms with Crippen molar-refractivity contribution in [1.82, 2.24) is 5.12 Å². The minimum atomic E-state index is 0.126. The van der Waals surface area contributed by atoms with Crippen LogP contribution in [0.2, 0.25) is 0 Å². The molecule has 5 nitrogen and oxygen atoms in total. The Morgan fingerprint density at radius 2 is 1.90 bits per heavy atom. The molecule has 4 aliphatic carbocycles. The summed E-state index contributed by atoms with van der Waals surface area (Å²) in [5, 5.41) is 5.07. The second-order valence-corrected chi connectivity index (χ2v) is 11.1. The highest BCUT2D eigenvalue weighted by Gasteiger charge is 2.61. The third-order valence-electron chi connectivity index (χ3n) is 9.80. The quantitative estimate of drug-likeness (QED) is 0.313. The molecule has 0 aromatic rings. The van der Waals surface area contributed by atoms with Crippen LogP contribution in [0, 0.1) is 52.8 Å². The summed E-state index contributed by atoms with van der Waals surface area (Å²) in [6.45, 7) is 7.40. The smallest absolute Gasteiger partial charge is 0.159 e. The van der Waals surface area contributed by atoms with Crippen LogP contribution in [-0.2, 0) is 4.79 Å². The van der Waals surface area contributed by atoms with Crippen molar-refractivity contribution in [2.45, 2.75) is 78.6 Å². The molecule has 5 heteroatoms. The number of nitrogens with two attached hydrogens (primary N) is 2. The zero-order chi connectivity index (χ0) is 20.8. The Morgan fingerprint density at radius 3 is 2.62 bits per heavy atom. The van der Waals surface area contributed by atoms with E-state index in [1.165, 1.54) is 56.5 Å². The molecule has 4 N–H and O–H groups in total. The molecule has 0 aliphatic heterocycles. The van der Waals surface area contributed by atoms with E-state index in [-0.39, 0.29) is 23.7 Å². The molecule has 0 aromatic heterocycles. The number of carbonyl (C=O) groups excluding carboxylic acids is 1. The lowest BCUT2D eigenvalue weighted by Crippen LogP contribution is -2.51. The van der Waals surface area contributed by atoms with Crippen molar-refractivity contribution in [1.29, 1.82) is 0 Å². The van der Waals surface area contributed by atoms with Crippen molar-refractivity contribution in [3.05, 3.63) is 0 Å². The largest absolute Gasteiger partial charge is 0.388 e. The van der Waals surface area contributed by atoms with E-state index < -0.39 is 0 Å². The van der Waals surface area contributed by atoms with E-state index in [1.54, 1.807) is 0 Å². The molecular weight excluding hydrogens is 360 g/mol. The first-order valence-electron chi connectivity index (χ1n) is 12.2. The van der Waals surface area contributed by atoms with Crippen LogP contribution in [0.5, 0.6) is 0 Å². The molecule has 0 spiro atoms. The van der Waals surface area contributed by atoms with Gasteiger partial charge in [0.15, 0.2) is 5.78 Å². The number of hydrazone groups is 1. The molecule has 0 aromatic carbocycles. The molecule has 4 rings (SSSR count). The molecule has 0 radical (unpaired) electrons. The fraction of sp³-hybridized carbons (Fsp3) is 0.917. The van der Waals surface area contributed by atoms with Gasteiger partial charge in [0.05, 0.1) is 0 Å². The average Bonchev–Trinajstić information content (AvgIpc) is 3.00. The summed E-state index contributed by atoms with van der Waals surface area (Å²) in [5.74, 6) is 12.3. The monoisotopic (exact) mass is 402 g/mol. The highest BCUT2D eigenvalue weighted by molar-refractivity contribution is 5.84. The Bertz CT molecular complexity index is 636. The van der Waals surface area contributed by atoms with Gasteiger partial charge in [-0.25, -0.2) is 11.0 Å². The van der Waals surface area contributed by atoms with Gasteiger partial charge in [0.25, 0.3) is 0 Å². The number of fused-ring (bicyclic) bond motifs is 5. The number of Topliss-reactive ketones (excluding diaryl/α,β-unsaturated/α-hetero) is 1. The standard InChI is InChI=1S/C24H42N4O/c1-4-16-12-21(22(29)13-28(26)27-14-25)24(3)10-9-19-18-7-5-15(2)11-17(18)6-8-20(19)23(16)24/h14-21,23H,4-13,26H2,1-3H3,(H2,25,27)/t15?,16?,17?,18?,19?,20?,21-,23?,24?/m1/s1. The van der Waals surface area contributed by atoms with Crippen LogP contribution in [0.4, 0.5) is 0 Å². The summed E-state index contributed by atoms with van der Waals surface area (Å²) in [6.07, 6.45) is 13.1. The van der Waals surface area contributed by atoms with Crippen molar-refractivity contribution in [3.8, 4) is 0 Å². The van der Waals surface area contributed by atoms with Crippen molar-refractivity contribution < 1.29 is 4.79 Å². The number of ketones is 1. The predicted octanol–water partition coefficient (Wildman–Crippen LogP) is 4.17. The van der Waals surface area contributed by atoms with Crippen LogP contribution >= 0.6 is 0 Å². The lowest BCUT2D eigenvalue weighted by Gasteiger charge is -2.57. The van der Waals surface area contributed by atoms with Crippen LogP contribution in [-0.4, -0.2) is 23.8 Å². The number of carbonyl (C=O) groups is 1. The molecular formula is C24H42N4O. The highest BCUT2D eigenvalue weighted by Crippen LogP contribution is 2.66. The molecule has 4 saturated carbocycles. The average molecular weight is 403 g/mol. The minimum Gasteiger partial charge on any atom is -0.388 e. The SMILES string of the molecule is CCC1C[C@H](C(=O)CN(N)/N=C\N)C2(C)CCC3C4CCC(C)CC4CCC3C12. The topological polar surface area (TPSA) is 84.7 Å². The molecule has 4 fully saturated rings. The Labute approximate surface area is 177 Å². The maximum Gasteiger partial charge on any atom is 0.159 e. The van der Waals surface area contributed by atoms with Crippen LogP contribution in [0.25, 0.3) is 0 Å². The van der Waals surface area contributed by atoms with Gasteiger partial charge in [-0.1, -0.05) is 33.6 Å². The summed E-state index contributed by atoms with van der Waals surface area (Å²) in [6, 6.07) is 0. The Morgan fingerprint density at radius 1 is 1.14 bits per heavy atom. The maximum absolute atomic E-state index is 13.2. The highest BCUT2D eigenvalue weighted by atomic mass is 16.1. The van der Waals surface area contributed by atoms with Crippen LogP contribution in [0.15, 0.2) is 5.10 Å². The first-order chi connectivity index (χ1) is 13.9. The minimum absolute atomic E-state index is 0.126. The molecule has 0 bridgehead atoms. The normalized spacial score (nSPS) is 46.8. The van der Waals surface area contributed by atoms with E-state index in [0.717, 1.165) is 42.3 Å². The van der Waals surface area contributed by atoms with Crippen LogP contribution in [0.1, 0.15) is 78.6 Å². The molecule has 9 atom stereocenters. The van der Waals surface area contributed by atoms with E-state index in [0.29, 0.717) is 11.8 Å². The van der Waals surface area contributed by atoms with Crippen LogP contribution < -0.4 is 11.6 Å². The third-order valence-corrected chi connectivity index (χ3v) is 9.80. The molecule has 0 heterocycles. The molecule has 29 heavy (non-hydrogen) atoms. The van der Waals surface area contributed by atoms with Gasteiger partial charge in [-0.05, 0) is 91.8 Å². The van der Waals surface area contributed by atoms with Gasteiger partial charge in [0.2, 0.25) is 0 Å². The van der Waals surface area contributed by atoms with E-state index in [4.69, 9.17) is 11.6 Å². The number of hydrogen-bond acceptors (Lipinski definition) is 4. The number of rotatable bonds is 5. The van der Waals surface area contributed by atoms with Gasteiger partial charge in [0, 0.05) is 5.92 Å². The summed E-state index contributed by atoms with van der Waals surface area (Å²) in [7, 11) is 0. The Hall–Kier alpha value is -1.10. The van der Waals surface area contributed by atoms with E-state index in [9.17, 15) is 4.79 Å². The van der Waals surface area contributed by atoms with Crippen LogP contribution in [0.3, 0.4) is 0 Å². The third kappa shape index (κ3) is 3.62. The summed E-state index contributed by atoms with van der Waals surface area (Å²) in [4.78, 5) is 13.2. The van der Waals surface area contributed by atoms with Crippen molar-refractivity contribution >= 4 is 12.1 Å². The molecule has 0 saturated heterocycles. The first-order valence-corrected chi connectivity index (χ1v) is 12.2. The lowest BCUT2D eigenvalue weighted by molar-refractivity contribution is -0.132. The molecule has 4 aliphatic rings. The zero-order valence-electron chi connectivity index (χ0n) is 18.7. The van der Waals surface area contributed by atoms with Gasteiger partial charge in [-0.15, -0.1) is 0 Å². The molecule has 164 valence electrons. The van der Waals surface area contributed by atoms with Crippen molar-refractivity contribution in [2.75, 3.05) is 6.54 Å². The number of nitrogens with zero attached hydrogens (tertiary/aromatic N) is 2. The summed E-state index contributed by atoms with van der Waals surface area (Å²) in [5.41, 5.74) is 5.48. The van der Waals surface area contributed by atoms with Gasteiger partial charge in [0.1, 0.15) is 12.9 Å². The van der Waals surface area contributed by atoms with Gasteiger partial charge >= 0.3 is 0 Å². The van der Waals surface area contributed by atoms with E-state index in [2.05, 4.69) is 25.9 Å². The summed E-state index contributed by atoms with van der Waals surface area (Å²) < 4.78 is 0. The zero-order valence-corrected chi connectivity index (χ0v) is 18.7. The maximum atomic E-state index is 13.2. The lowest BCUT2D eigenvalue weighted by atomic mass is 9.48. The van der Waals surface area contributed by atoms with Gasteiger partial charge in [-0.3, -0.25) is 4.79 Å². The van der Waals surface area contributed by atoms with E-state index in [1.807, 2.05) is 0 Å². The van der Waals surface area contributed by atoms with E-state index >= 15 is 0 Å². The summed E-state index contributed by atoms with van der Waals surface area (Å²) >= 11 is 0. The fourth-order valence-electron chi connectivity index (χ4n) is 8.69. The molecule has 0 amide bonds. The Kier molecular flexibility index (Phi) is 5.98. The number of hydrogen-bond donors (Lipinski definition) is 2. The van der Waals surface area contributed by atoms with Gasteiger partial charge < -0.3 is 5.73 Å². The fourth-order valence-corrected chi connectivity index (χ4v) is 8.69.